The van der Waals surface area contributed by atoms with Crippen LogP contribution in [0.4, 0.5) is 0 Å². The second-order valence-corrected chi connectivity index (χ2v) is 6.89. The summed E-state index contributed by atoms with van der Waals surface area (Å²) in [5.74, 6) is -0.241. The molecule has 6 rings (SSSR count). The number of allylic oxidation sites excluding steroid dienone is 4. The summed E-state index contributed by atoms with van der Waals surface area (Å²) in [5, 5.41) is 10.9. The second kappa shape index (κ2) is 6.43. The van der Waals surface area contributed by atoms with E-state index in [1.54, 1.807) is 0 Å². The van der Waals surface area contributed by atoms with Crippen LogP contribution in [0.1, 0.15) is 0 Å². The molecule has 0 heterocycles. The number of carbonyl (C=O) groups excluding carboxylic acids is 2. The number of hydrogen-bond acceptors (Lipinski definition) is 2. The van der Waals surface area contributed by atoms with Crippen LogP contribution in [-0.2, 0) is 9.59 Å². The quantitative estimate of drug-likeness (QED) is 0.193. The van der Waals surface area contributed by atoms with Gasteiger partial charge in [0.2, 0.25) is 0 Å². The van der Waals surface area contributed by atoms with Gasteiger partial charge in [-0.3, -0.25) is 9.59 Å². The molecule has 1 aliphatic carbocycles. The molecular weight excluding hydrogens is 344 g/mol. The zero-order chi connectivity index (χ0) is 19.1. The molecule has 1 aliphatic rings. The molecule has 5 aromatic rings. The summed E-state index contributed by atoms with van der Waals surface area (Å²) in [7, 11) is 0. The highest BCUT2D eigenvalue weighted by Crippen LogP contribution is 2.40. The van der Waals surface area contributed by atoms with Gasteiger partial charge < -0.3 is 0 Å². The van der Waals surface area contributed by atoms with E-state index in [2.05, 4.69) is 72.8 Å². The number of ketones is 2. The molecule has 0 fully saturated rings. The molecule has 2 heteroatoms. The Morgan fingerprint density at radius 3 is 1.21 bits per heavy atom. The van der Waals surface area contributed by atoms with Gasteiger partial charge in [-0.25, -0.2) is 0 Å². The Morgan fingerprint density at radius 2 is 0.786 bits per heavy atom. The minimum absolute atomic E-state index is 0.121. The Bertz CT molecular complexity index is 1310. The summed E-state index contributed by atoms with van der Waals surface area (Å²) in [4.78, 5) is 20.6. The van der Waals surface area contributed by atoms with Crippen molar-refractivity contribution in [2.45, 2.75) is 0 Å². The average molecular weight is 360 g/mol. The molecular formula is C26H16O2. The molecule has 0 bridgehead atoms. The molecule has 0 N–H and O–H groups in total. The minimum atomic E-state index is -0.121. The molecule has 0 atom stereocenters. The van der Waals surface area contributed by atoms with E-state index in [1.807, 2.05) is 0 Å². The SMILES string of the molecule is O=C1C=CC(=O)C=C1.c1ccc2c(c1)c1cccc3ccc4cccc2c4c31. The van der Waals surface area contributed by atoms with Gasteiger partial charge in [0.1, 0.15) is 0 Å². The van der Waals surface area contributed by atoms with Crippen molar-refractivity contribution in [3.8, 4) is 0 Å². The lowest BCUT2D eigenvalue weighted by atomic mass is 9.89. The Kier molecular flexibility index (Phi) is 3.77. The van der Waals surface area contributed by atoms with Crippen molar-refractivity contribution in [1.82, 2.24) is 0 Å². The van der Waals surface area contributed by atoms with Gasteiger partial charge in [-0.15, -0.1) is 0 Å². The number of rotatable bonds is 0. The van der Waals surface area contributed by atoms with Crippen LogP contribution in [0.15, 0.2) is 97.1 Å². The third-order valence-electron chi connectivity index (χ3n) is 5.22. The highest BCUT2D eigenvalue weighted by Gasteiger charge is 2.11. The van der Waals surface area contributed by atoms with Crippen LogP contribution < -0.4 is 0 Å². The number of carbonyl (C=O) groups is 2. The zero-order valence-electron chi connectivity index (χ0n) is 15.1. The van der Waals surface area contributed by atoms with Gasteiger partial charge in [0.15, 0.2) is 11.6 Å². The normalized spacial score (nSPS) is 13.6. The molecule has 0 unspecified atom stereocenters. The number of hydrogen-bond donors (Lipinski definition) is 0. The molecule has 0 spiro atoms. The fourth-order valence-corrected chi connectivity index (χ4v) is 4.00. The number of benzene rings is 5. The van der Waals surface area contributed by atoms with Gasteiger partial charge in [0.05, 0.1) is 0 Å². The molecule has 2 nitrogen and oxygen atoms in total. The first-order valence-electron chi connectivity index (χ1n) is 9.21. The third kappa shape index (κ3) is 2.58. The highest BCUT2D eigenvalue weighted by molar-refractivity contribution is 6.33. The molecule has 0 aliphatic heterocycles. The van der Waals surface area contributed by atoms with Gasteiger partial charge in [0.25, 0.3) is 0 Å². The summed E-state index contributed by atoms with van der Waals surface area (Å²) in [6, 6.07) is 26.4. The average Bonchev–Trinajstić information content (AvgIpc) is 2.75. The third-order valence-corrected chi connectivity index (χ3v) is 5.22. The lowest BCUT2D eigenvalue weighted by molar-refractivity contribution is -0.113. The van der Waals surface area contributed by atoms with Crippen molar-refractivity contribution in [3.63, 3.8) is 0 Å². The minimum Gasteiger partial charge on any atom is -0.290 e. The van der Waals surface area contributed by atoms with E-state index in [0.717, 1.165) is 0 Å². The largest absolute Gasteiger partial charge is 0.290 e. The second-order valence-electron chi connectivity index (χ2n) is 6.89. The molecule has 132 valence electrons. The first-order valence-corrected chi connectivity index (χ1v) is 9.21. The van der Waals surface area contributed by atoms with Crippen molar-refractivity contribution in [2.24, 2.45) is 0 Å². The maximum Gasteiger partial charge on any atom is 0.178 e. The van der Waals surface area contributed by atoms with Crippen LogP contribution in [-0.4, -0.2) is 11.6 Å². The van der Waals surface area contributed by atoms with E-state index in [1.165, 1.54) is 67.4 Å². The summed E-state index contributed by atoms with van der Waals surface area (Å²) >= 11 is 0. The Morgan fingerprint density at radius 1 is 0.393 bits per heavy atom. The summed E-state index contributed by atoms with van der Waals surface area (Å²) in [5.41, 5.74) is 0. The molecule has 0 saturated carbocycles. The van der Waals surface area contributed by atoms with E-state index in [0.29, 0.717) is 0 Å². The summed E-state index contributed by atoms with van der Waals surface area (Å²) in [6.07, 6.45) is 5.01. The van der Waals surface area contributed by atoms with Crippen LogP contribution in [0.2, 0.25) is 0 Å². The lowest BCUT2D eigenvalue weighted by Gasteiger charge is -2.14. The monoisotopic (exact) mass is 360 g/mol. The van der Waals surface area contributed by atoms with Gasteiger partial charge in [0, 0.05) is 0 Å². The lowest BCUT2D eigenvalue weighted by Crippen LogP contribution is -1.97. The van der Waals surface area contributed by atoms with Crippen molar-refractivity contribution >= 4 is 54.7 Å². The zero-order valence-corrected chi connectivity index (χ0v) is 15.1. The van der Waals surface area contributed by atoms with Crippen LogP contribution in [0.5, 0.6) is 0 Å². The van der Waals surface area contributed by atoms with Gasteiger partial charge in [-0.1, -0.05) is 72.8 Å². The van der Waals surface area contributed by atoms with Crippen molar-refractivity contribution < 1.29 is 9.59 Å². The Hall–Kier alpha value is -3.78. The van der Waals surface area contributed by atoms with Crippen LogP contribution >= 0.6 is 0 Å². The topological polar surface area (TPSA) is 34.1 Å². The van der Waals surface area contributed by atoms with Crippen molar-refractivity contribution in [1.29, 1.82) is 0 Å². The van der Waals surface area contributed by atoms with Gasteiger partial charge in [-0.2, -0.15) is 0 Å². The van der Waals surface area contributed by atoms with Gasteiger partial charge in [-0.05, 0) is 67.4 Å². The molecule has 0 radical (unpaired) electrons. The first-order chi connectivity index (χ1) is 13.7. The smallest absolute Gasteiger partial charge is 0.178 e. The standard InChI is InChI=1S/C20H12.C6H4O2/c1-2-8-16-15(7-1)17-9-3-5-13-11-12-14-6-4-10-18(16)20(14)19(13)17;7-5-1-2-6(8)4-3-5/h1-12H;1-4H. The van der Waals surface area contributed by atoms with E-state index in [-0.39, 0.29) is 11.6 Å². The van der Waals surface area contributed by atoms with Crippen LogP contribution in [0.25, 0.3) is 43.1 Å². The molecule has 5 aromatic carbocycles. The fourth-order valence-electron chi connectivity index (χ4n) is 4.00. The first kappa shape index (κ1) is 16.4. The van der Waals surface area contributed by atoms with Crippen molar-refractivity contribution in [3.05, 3.63) is 97.1 Å². The molecule has 28 heavy (non-hydrogen) atoms. The predicted molar refractivity (Wildman–Crippen MR) is 116 cm³/mol. The van der Waals surface area contributed by atoms with E-state index < -0.39 is 0 Å². The maximum atomic E-state index is 10.3. The number of fused-ring (bicyclic) bond motifs is 3. The van der Waals surface area contributed by atoms with E-state index in [4.69, 9.17) is 0 Å². The fraction of sp³-hybridized carbons (Fsp3) is 0. The van der Waals surface area contributed by atoms with Gasteiger partial charge >= 0.3 is 0 Å². The maximum absolute atomic E-state index is 10.3. The predicted octanol–water partition coefficient (Wildman–Crippen LogP) is 5.99. The summed E-state index contributed by atoms with van der Waals surface area (Å²) < 4.78 is 0. The summed E-state index contributed by atoms with van der Waals surface area (Å²) in [6.45, 7) is 0. The van der Waals surface area contributed by atoms with Crippen LogP contribution in [0, 0.1) is 0 Å². The van der Waals surface area contributed by atoms with E-state index in [9.17, 15) is 9.59 Å². The van der Waals surface area contributed by atoms with Crippen LogP contribution in [0.3, 0.4) is 0 Å². The molecule has 0 amide bonds. The Labute approximate surface area is 161 Å². The van der Waals surface area contributed by atoms with Crippen molar-refractivity contribution in [2.75, 3.05) is 0 Å². The Balaban J connectivity index is 0.000000181. The highest BCUT2D eigenvalue weighted by atomic mass is 16.1. The molecule has 0 aromatic heterocycles. The van der Waals surface area contributed by atoms with E-state index >= 15 is 0 Å². The molecule has 0 saturated heterocycles.